The van der Waals surface area contributed by atoms with Crippen LogP contribution in [-0.2, 0) is 9.59 Å². The van der Waals surface area contributed by atoms with Crippen LogP contribution in [0, 0.1) is 11.6 Å². The van der Waals surface area contributed by atoms with Gasteiger partial charge in [0.15, 0.2) is 11.6 Å². The number of ether oxygens (including phenoxy) is 2. The summed E-state index contributed by atoms with van der Waals surface area (Å²) in [5, 5.41) is 11.2. The lowest BCUT2D eigenvalue weighted by molar-refractivity contribution is -0.132. The molecule has 1 atom stereocenters. The standard InChI is InChI=1S/C27H23F2NO5/c1-3-34-19-11-8-16(9-12-19)24-23(25(31)17-6-5-7-20(14-17)35-4-2)26(32)27(33)30(24)18-10-13-21(28)22(29)15-18/h5-15,24,31H,3-4H2,1-2H3/b25-23+. The average Bonchev–Trinajstić information content (AvgIpc) is 3.12. The summed E-state index contributed by atoms with van der Waals surface area (Å²) in [4.78, 5) is 27.4. The number of carbonyl (C=O) groups is 2. The molecule has 8 heteroatoms. The van der Waals surface area contributed by atoms with Gasteiger partial charge < -0.3 is 14.6 Å². The quantitative estimate of drug-likeness (QED) is 0.279. The summed E-state index contributed by atoms with van der Waals surface area (Å²) >= 11 is 0. The number of aliphatic hydroxyl groups is 1. The van der Waals surface area contributed by atoms with Crippen LogP contribution in [-0.4, -0.2) is 30.0 Å². The first-order valence-corrected chi connectivity index (χ1v) is 11.1. The summed E-state index contributed by atoms with van der Waals surface area (Å²) in [5.41, 5.74) is 0.541. The molecule has 6 nitrogen and oxygen atoms in total. The van der Waals surface area contributed by atoms with E-state index in [9.17, 15) is 23.5 Å². The van der Waals surface area contributed by atoms with Gasteiger partial charge in [0.05, 0.1) is 24.8 Å². The number of anilines is 1. The molecule has 1 heterocycles. The minimum Gasteiger partial charge on any atom is -0.507 e. The van der Waals surface area contributed by atoms with E-state index in [1.54, 1.807) is 48.5 Å². The first-order valence-electron chi connectivity index (χ1n) is 11.1. The summed E-state index contributed by atoms with van der Waals surface area (Å²) in [6.07, 6.45) is 0. The number of nitrogens with zero attached hydrogens (tertiary/aromatic N) is 1. The van der Waals surface area contributed by atoms with Crippen LogP contribution in [0.2, 0.25) is 0 Å². The Balaban J connectivity index is 1.90. The number of benzene rings is 3. The van der Waals surface area contributed by atoms with E-state index in [0.717, 1.165) is 17.0 Å². The first kappa shape index (κ1) is 23.9. The monoisotopic (exact) mass is 479 g/mol. The zero-order valence-electron chi connectivity index (χ0n) is 19.1. The van der Waals surface area contributed by atoms with Crippen LogP contribution < -0.4 is 14.4 Å². The molecule has 4 rings (SSSR count). The van der Waals surface area contributed by atoms with Crippen molar-refractivity contribution in [3.05, 3.63) is 95.1 Å². The van der Waals surface area contributed by atoms with E-state index in [1.807, 2.05) is 13.8 Å². The Hall–Kier alpha value is -4.20. The molecule has 180 valence electrons. The number of halogens is 2. The molecule has 35 heavy (non-hydrogen) atoms. The number of amides is 1. The molecule has 1 amide bonds. The van der Waals surface area contributed by atoms with Crippen LogP contribution >= 0.6 is 0 Å². The van der Waals surface area contributed by atoms with Gasteiger partial charge in [0.2, 0.25) is 0 Å². The summed E-state index contributed by atoms with van der Waals surface area (Å²) in [7, 11) is 0. The predicted octanol–water partition coefficient (Wildman–Crippen LogP) is 5.39. The first-order chi connectivity index (χ1) is 16.8. The number of carbonyl (C=O) groups excluding carboxylic acids is 2. The Morgan fingerprint density at radius 2 is 1.57 bits per heavy atom. The zero-order chi connectivity index (χ0) is 25.1. The smallest absolute Gasteiger partial charge is 0.300 e. The van der Waals surface area contributed by atoms with Crippen molar-refractivity contribution >= 4 is 23.1 Å². The second kappa shape index (κ2) is 9.97. The molecule has 0 radical (unpaired) electrons. The Kier molecular flexibility index (Phi) is 6.82. The van der Waals surface area contributed by atoms with Gasteiger partial charge >= 0.3 is 0 Å². The van der Waals surface area contributed by atoms with Crippen LogP contribution in [0.5, 0.6) is 11.5 Å². The zero-order valence-corrected chi connectivity index (χ0v) is 19.1. The fourth-order valence-electron chi connectivity index (χ4n) is 4.02. The van der Waals surface area contributed by atoms with E-state index < -0.39 is 35.1 Å². The molecule has 3 aromatic rings. The van der Waals surface area contributed by atoms with Crippen molar-refractivity contribution in [3.63, 3.8) is 0 Å². The normalized spacial score (nSPS) is 17.0. The van der Waals surface area contributed by atoms with Gasteiger partial charge in [0.25, 0.3) is 11.7 Å². The summed E-state index contributed by atoms with van der Waals surface area (Å²) in [6.45, 7) is 4.49. The van der Waals surface area contributed by atoms with Gasteiger partial charge in [-0.2, -0.15) is 0 Å². The molecule has 0 aliphatic carbocycles. The number of hydrogen-bond donors (Lipinski definition) is 1. The molecular weight excluding hydrogens is 456 g/mol. The lowest BCUT2D eigenvalue weighted by atomic mass is 9.95. The lowest BCUT2D eigenvalue weighted by Gasteiger charge is -2.25. The van der Waals surface area contributed by atoms with Crippen LogP contribution in [0.25, 0.3) is 5.76 Å². The van der Waals surface area contributed by atoms with Crippen LogP contribution in [0.15, 0.2) is 72.3 Å². The molecular formula is C27H23F2NO5. The van der Waals surface area contributed by atoms with Crippen molar-refractivity contribution < 1.29 is 33.0 Å². The third-order valence-corrected chi connectivity index (χ3v) is 5.55. The van der Waals surface area contributed by atoms with Gasteiger partial charge in [-0.3, -0.25) is 14.5 Å². The van der Waals surface area contributed by atoms with Gasteiger partial charge in [-0.1, -0.05) is 24.3 Å². The second-order valence-electron chi connectivity index (χ2n) is 7.73. The van der Waals surface area contributed by atoms with Gasteiger partial charge in [-0.25, -0.2) is 8.78 Å². The Bertz CT molecular complexity index is 1300. The third kappa shape index (κ3) is 4.59. The van der Waals surface area contributed by atoms with Crippen molar-refractivity contribution in [3.8, 4) is 11.5 Å². The molecule has 0 bridgehead atoms. The fraction of sp³-hybridized carbons (Fsp3) is 0.185. The van der Waals surface area contributed by atoms with Gasteiger partial charge in [-0.05, 0) is 55.8 Å². The number of ketones is 1. The van der Waals surface area contributed by atoms with Crippen LogP contribution in [0.4, 0.5) is 14.5 Å². The average molecular weight is 479 g/mol. The number of rotatable bonds is 7. The molecule has 1 aliphatic rings. The summed E-state index contributed by atoms with van der Waals surface area (Å²) in [5.74, 6) is -3.54. The highest BCUT2D eigenvalue weighted by Crippen LogP contribution is 2.43. The van der Waals surface area contributed by atoms with E-state index in [0.29, 0.717) is 30.3 Å². The lowest BCUT2D eigenvalue weighted by Crippen LogP contribution is -2.29. The maximum atomic E-state index is 14.1. The van der Waals surface area contributed by atoms with Crippen molar-refractivity contribution in [2.75, 3.05) is 18.1 Å². The summed E-state index contributed by atoms with van der Waals surface area (Å²) in [6, 6.07) is 15.0. The van der Waals surface area contributed by atoms with Gasteiger partial charge in [-0.15, -0.1) is 0 Å². The Labute approximate surface area is 201 Å². The molecule has 0 spiro atoms. The van der Waals surface area contributed by atoms with Crippen LogP contribution in [0.1, 0.15) is 31.0 Å². The van der Waals surface area contributed by atoms with Crippen molar-refractivity contribution in [2.45, 2.75) is 19.9 Å². The molecule has 1 aliphatic heterocycles. The van der Waals surface area contributed by atoms with Crippen molar-refractivity contribution in [2.24, 2.45) is 0 Å². The molecule has 1 saturated heterocycles. The maximum absolute atomic E-state index is 14.1. The minimum atomic E-state index is -1.17. The summed E-state index contributed by atoms with van der Waals surface area (Å²) < 4.78 is 38.6. The predicted molar refractivity (Wildman–Crippen MR) is 126 cm³/mol. The number of hydrogen-bond acceptors (Lipinski definition) is 5. The fourth-order valence-corrected chi connectivity index (χ4v) is 4.02. The Morgan fingerprint density at radius 1 is 0.886 bits per heavy atom. The minimum absolute atomic E-state index is 0.0213. The molecule has 1 fully saturated rings. The van der Waals surface area contributed by atoms with Gasteiger partial charge in [0, 0.05) is 17.3 Å². The van der Waals surface area contributed by atoms with E-state index >= 15 is 0 Å². The van der Waals surface area contributed by atoms with Crippen molar-refractivity contribution in [1.29, 1.82) is 0 Å². The highest BCUT2D eigenvalue weighted by molar-refractivity contribution is 6.51. The molecule has 3 aromatic carbocycles. The topological polar surface area (TPSA) is 76.1 Å². The van der Waals surface area contributed by atoms with E-state index in [4.69, 9.17) is 9.47 Å². The van der Waals surface area contributed by atoms with E-state index in [1.165, 1.54) is 6.07 Å². The van der Waals surface area contributed by atoms with E-state index in [2.05, 4.69) is 0 Å². The largest absolute Gasteiger partial charge is 0.507 e. The molecule has 1 N–H and O–H groups in total. The van der Waals surface area contributed by atoms with E-state index in [-0.39, 0.29) is 16.8 Å². The SMILES string of the molecule is CCOc1ccc(C2/C(=C(\O)c3cccc(OCC)c3)C(=O)C(=O)N2c2ccc(F)c(F)c2)cc1. The number of aliphatic hydroxyl groups excluding tert-OH is 1. The van der Waals surface area contributed by atoms with Gasteiger partial charge in [0.1, 0.15) is 17.3 Å². The third-order valence-electron chi connectivity index (χ3n) is 5.55. The Morgan fingerprint density at radius 3 is 2.23 bits per heavy atom. The molecule has 0 saturated carbocycles. The second-order valence-corrected chi connectivity index (χ2v) is 7.73. The molecule has 0 aromatic heterocycles. The maximum Gasteiger partial charge on any atom is 0.300 e. The highest BCUT2D eigenvalue weighted by Gasteiger charge is 2.47. The highest BCUT2D eigenvalue weighted by atomic mass is 19.2. The number of Topliss-reactive ketones (excluding diaryl/α,β-unsaturated/α-hetero) is 1. The van der Waals surface area contributed by atoms with Crippen LogP contribution in [0.3, 0.4) is 0 Å². The van der Waals surface area contributed by atoms with Crippen molar-refractivity contribution in [1.82, 2.24) is 0 Å². The molecule has 1 unspecified atom stereocenters.